The molecular weight excluding hydrogens is 588 g/mol. The van der Waals surface area contributed by atoms with Crippen molar-refractivity contribution in [1.82, 2.24) is 0 Å². The van der Waals surface area contributed by atoms with Gasteiger partial charge in [-0.3, -0.25) is 0 Å². The number of benzene rings is 2. The van der Waals surface area contributed by atoms with Gasteiger partial charge in [-0.05, 0) is 54.8 Å². The first kappa shape index (κ1) is 33.4. The van der Waals surface area contributed by atoms with Gasteiger partial charge in [0.2, 0.25) is 0 Å². The van der Waals surface area contributed by atoms with Gasteiger partial charge in [-0.15, -0.1) is 0 Å². The van der Waals surface area contributed by atoms with Crippen molar-refractivity contribution in [3.8, 4) is 23.0 Å². The van der Waals surface area contributed by atoms with Gasteiger partial charge in [0, 0.05) is 6.08 Å². The lowest BCUT2D eigenvalue weighted by Crippen LogP contribution is -2.65. The first-order valence-electron chi connectivity index (χ1n) is 13.7. The summed E-state index contributed by atoms with van der Waals surface area (Å²) in [6, 6.07) is 7.98. The summed E-state index contributed by atoms with van der Waals surface area (Å²) in [6.45, 7) is 0.606. The van der Waals surface area contributed by atoms with Crippen LogP contribution >= 0.6 is 0 Å². The Labute approximate surface area is 251 Å². The van der Waals surface area contributed by atoms with E-state index in [0.717, 1.165) is 6.08 Å². The van der Waals surface area contributed by atoms with Gasteiger partial charge < -0.3 is 69.6 Å². The number of hydrogen-bond donors (Lipinski definition) is 9. The minimum Gasteiger partial charge on any atom is -0.504 e. The van der Waals surface area contributed by atoms with Gasteiger partial charge in [0.25, 0.3) is 0 Å². The van der Waals surface area contributed by atoms with Gasteiger partial charge in [-0.1, -0.05) is 12.1 Å². The molecule has 0 unspecified atom stereocenters. The second kappa shape index (κ2) is 14.5. The first-order valence-corrected chi connectivity index (χ1v) is 13.7. The van der Waals surface area contributed by atoms with E-state index in [9.17, 15) is 50.8 Å². The quantitative estimate of drug-likeness (QED) is 0.0873. The predicted molar refractivity (Wildman–Crippen MR) is 147 cm³/mol. The lowest BCUT2D eigenvalue weighted by Gasteiger charge is -2.46. The maximum absolute atomic E-state index is 12.8. The number of carbonyl (C=O) groups is 1. The number of aliphatic hydroxyl groups excluding tert-OH is 5. The van der Waals surface area contributed by atoms with Gasteiger partial charge >= 0.3 is 5.97 Å². The van der Waals surface area contributed by atoms with Crippen molar-refractivity contribution in [1.29, 1.82) is 0 Å². The van der Waals surface area contributed by atoms with Crippen LogP contribution < -0.4 is 0 Å². The molecule has 15 heteroatoms. The van der Waals surface area contributed by atoms with Crippen molar-refractivity contribution in [3.63, 3.8) is 0 Å². The molecule has 2 aromatic carbocycles. The highest BCUT2D eigenvalue weighted by Crippen LogP contribution is 2.32. The lowest BCUT2D eigenvalue weighted by atomic mass is 9.97. The molecule has 0 bridgehead atoms. The van der Waals surface area contributed by atoms with Crippen LogP contribution in [0.3, 0.4) is 0 Å². The smallest absolute Gasteiger partial charge is 0.331 e. The summed E-state index contributed by atoms with van der Waals surface area (Å²) in [5, 5.41) is 90.5. The Balaban J connectivity index is 1.52. The summed E-state index contributed by atoms with van der Waals surface area (Å²) < 4.78 is 28.2. The zero-order valence-corrected chi connectivity index (χ0v) is 23.5. The van der Waals surface area contributed by atoms with Crippen molar-refractivity contribution < 1.29 is 74.4 Å². The highest BCUT2D eigenvalue weighted by atomic mass is 16.7. The monoisotopic (exact) mass is 624 g/mol. The van der Waals surface area contributed by atoms with Gasteiger partial charge in [0.1, 0.15) is 36.6 Å². The maximum atomic E-state index is 12.8. The molecule has 2 aromatic rings. The number of hydrogen-bond acceptors (Lipinski definition) is 15. The van der Waals surface area contributed by atoms with E-state index in [-0.39, 0.29) is 30.3 Å². The number of aromatic hydroxyl groups is 4. The Morgan fingerprint density at radius 2 is 1.50 bits per heavy atom. The van der Waals surface area contributed by atoms with Crippen LogP contribution in [0.25, 0.3) is 6.08 Å². The molecule has 2 aliphatic rings. The molecule has 0 aliphatic carbocycles. The average Bonchev–Trinajstić information content (AvgIpc) is 2.99. The number of esters is 1. The van der Waals surface area contributed by atoms with Gasteiger partial charge in [-0.2, -0.15) is 0 Å². The van der Waals surface area contributed by atoms with E-state index in [4.69, 9.17) is 23.7 Å². The molecule has 2 fully saturated rings. The van der Waals surface area contributed by atoms with Crippen molar-refractivity contribution in [2.24, 2.45) is 0 Å². The molecule has 2 saturated heterocycles. The fourth-order valence-electron chi connectivity index (χ4n) is 4.76. The Hall–Kier alpha value is -3.51. The Morgan fingerprint density at radius 1 is 0.818 bits per heavy atom. The second-order valence-corrected chi connectivity index (χ2v) is 10.4. The fourth-order valence-corrected chi connectivity index (χ4v) is 4.76. The van der Waals surface area contributed by atoms with Crippen molar-refractivity contribution >= 4 is 12.0 Å². The first-order chi connectivity index (χ1) is 20.9. The summed E-state index contributed by atoms with van der Waals surface area (Å²) in [5.74, 6) is -2.40. The number of phenolic OH excluding ortho intramolecular Hbond substituents is 4. The molecular formula is C29H36O15. The number of rotatable bonds is 10. The van der Waals surface area contributed by atoms with Gasteiger partial charge in [0.15, 0.2) is 41.7 Å². The molecule has 4 rings (SSSR count). The standard InChI is InChI=1S/C29H36O15/c1-13-22(36)23(37)24(38)29(41-13)44-27-25(39)28(40-9-8-15-3-6-17(32)19(34)11-15)42-20(12-30)26(27)43-21(35)7-4-14-2-5-16(31)18(33)10-14/h2-7,10-11,13,20,22-34,36-39H,8-9,12H2,1H3/t13-,20-,22+,23+,24-,25-,26-,27-,28-,29-/m1/s1. The summed E-state index contributed by atoms with van der Waals surface area (Å²) in [7, 11) is 0. The van der Waals surface area contributed by atoms with Crippen LogP contribution in [0.1, 0.15) is 18.1 Å². The van der Waals surface area contributed by atoms with Crippen molar-refractivity contribution in [2.45, 2.75) is 74.8 Å². The lowest BCUT2D eigenvalue weighted by molar-refractivity contribution is -0.357. The summed E-state index contributed by atoms with van der Waals surface area (Å²) in [5.41, 5.74) is 0.914. The van der Waals surface area contributed by atoms with E-state index >= 15 is 0 Å². The number of aliphatic hydroxyl groups is 5. The molecule has 2 aliphatic heterocycles. The SMILES string of the molecule is C[C@H]1O[C@H](O[C@@H]2[C@@H](O)[C@H](OCCc3ccc(O)c(O)c3)O[C@H](CO)[C@H]2OC(=O)C=Cc2ccc(O)c(O)c2)[C@H](O)[C@@H](O)[C@H]1O. The Morgan fingerprint density at radius 3 is 2.16 bits per heavy atom. The third-order valence-corrected chi connectivity index (χ3v) is 7.27. The zero-order valence-electron chi connectivity index (χ0n) is 23.5. The van der Waals surface area contributed by atoms with Crippen LogP contribution in [0.5, 0.6) is 23.0 Å². The third-order valence-electron chi connectivity index (χ3n) is 7.27. The van der Waals surface area contributed by atoms with Crippen molar-refractivity contribution in [2.75, 3.05) is 13.2 Å². The van der Waals surface area contributed by atoms with E-state index < -0.39 is 79.7 Å². The summed E-state index contributed by atoms with van der Waals surface area (Å²) >= 11 is 0. The minimum atomic E-state index is -1.77. The molecule has 44 heavy (non-hydrogen) atoms. The normalized spacial score (nSPS) is 32.5. The van der Waals surface area contributed by atoms with Crippen LogP contribution in [0.4, 0.5) is 0 Å². The van der Waals surface area contributed by atoms with Crippen LogP contribution in [0, 0.1) is 0 Å². The molecule has 10 atom stereocenters. The van der Waals surface area contributed by atoms with Crippen LogP contribution in [0.15, 0.2) is 42.5 Å². The Bertz CT molecular complexity index is 1300. The summed E-state index contributed by atoms with van der Waals surface area (Å²) in [4.78, 5) is 12.8. The van der Waals surface area contributed by atoms with E-state index in [1.807, 2.05) is 0 Å². The number of phenols is 4. The highest BCUT2D eigenvalue weighted by molar-refractivity contribution is 5.87. The molecule has 0 amide bonds. The Kier molecular flexibility index (Phi) is 11.0. The topological polar surface area (TPSA) is 245 Å². The van der Waals surface area contributed by atoms with Crippen LogP contribution in [-0.4, -0.2) is 127 Å². The van der Waals surface area contributed by atoms with E-state index in [2.05, 4.69) is 0 Å². The fraction of sp³-hybridized carbons (Fsp3) is 0.483. The average molecular weight is 625 g/mol. The second-order valence-electron chi connectivity index (χ2n) is 10.4. The van der Waals surface area contributed by atoms with Gasteiger partial charge in [0.05, 0.1) is 19.3 Å². The molecule has 0 spiro atoms. The molecule has 9 N–H and O–H groups in total. The molecule has 0 saturated carbocycles. The molecule has 15 nitrogen and oxygen atoms in total. The number of ether oxygens (including phenoxy) is 5. The van der Waals surface area contributed by atoms with E-state index in [0.29, 0.717) is 11.1 Å². The number of carbonyl (C=O) groups excluding carboxylic acids is 1. The third kappa shape index (κ3) is 7.76. The largest absolute Gasteiger partial charge is 0.504 e. The van der Waals surface area contributed by atoms with Crippen molar-refractivity contribution in [3.05, 3.63) is 53.6 Å². The predicted octanol–water partition coefficient (Wildman–Crippen LogP) is -1.02. The minimum absolute atomic E-state index is 0.0754. The highest BCUT2D eigenvalue weighted by Gasteiger charge is 2.52. The van der Waals surface area contributed by atoms with E-state index in [1.165, 1.54) is 43.3 Å². The summed E-state index contributed by atoms with van der Waals surface area (Å²) in [6.07, 6.45) is -12.6. The van der Waals surface area contributed by atoms with Crippen LogP contribution in [0.2, 0.25) is 0 Å². The molecule has 0 radical (unpaired) electrons. The molecule has 2 heterocycles. The van der Waals surface area contributed by atoms with E-state index in [1.54, 1.807) is 6.07 Å². The molecule has 0 aromatic heterocycles. The molecule has 242 valence electrons. The maximum Gasteiger partial charge on any atom is 0.331 e. The van der Waals surface area contributed by atoms with Gasteiger partial charge in [-0.25, -0.2) is 4.79 Å². The zero-order chi connectivity index (χ0) is 32.1. The van der Waals surface area contributed by atoms with Crippen LogP contribution in [-0.2, 0) is 34.9 Å².